The average molecular weight is 848 g/mol. The van der Waals surface area contributed by atoms with Crippen LogP contribution in [0.2, 0.25) is 0 Å². The molecular weight excluding hydrogens is 739 g/mol. The second-order valence-electron chi connectivity index (χ2n) is 19.2. The number of unbranched alkanes of at least 4 members (excludes halogenated alkanes) is 43. The third kappa shape index (κ3) is 45.1. The molecule has 0 bridgehead atoms. The third-order valence-corrected chi connectivity index (χ3v) is 13.1. The highest BCUT2D eigenvalue weighted by atomic mass is 16.3. The maximum absolute atomic E-state index is 12.5. The number of allylic oxidation sites excluding steroid dienone is 1. The molecule has 358 valence electrons. The first-order valence-corrected chi connectivity index (χ1v) is 27.5. The molecule has 5 nitrogen and oxygen atoms in total. The van der Waals surface area contributed by atoms with Crippen LogP contribution in [0.3, 0.4) is 0 Å². The lowest BCUT2D eigenvalue weighted by atomic mass is 10.0. The molecule has 0 radical (unpaired) electrons. The highest BCUT2D eigenvalue weighted by molar-refractivity contribution is 5.80. The van der Waals surface area contributed by atoms with Crippen molar-refractivity contribution in [1.82, 2.24) is 5.32 Å². The van der Waals surface area contributed by atoms with Crippen molar-refractivity contribution < 1.29 is 20.1 Å². The summed E-state index contributed by atoms with van der Waals surface area (Å²) >= 11 is 0. The van der Waals surface area contributed by atoms with E-state index in [1.54, 1.807) is 6.08 Å². The van der Waals surface area contributed by atoms with Gasteiger partial charge in [0.1, 0.15) is 6.10 Å². The highest BCUT2D eigenvalue weighted by Crippen LogP contribution is 2.18. The van der Waals surface area contributed by atoms with Gasteiger partial charge in [0.25, 0.3) is 0 Å². The minimum Gasteiger partial charge on any atom is -0.394 e. The van der Waals surface area contributed by atoms with E-state index in [0.717, 1.165) is 32.1 Å². The number of amides is 1. The van der Waals surface area contributed by atoms with Crippen LogP contribution in [0.5, 0.6) is 0 Å². The molecular formula is C55H109NO4. The van der Waals surface area contributed by atoms with Crippen molar-refractivity contribution in [3.8, 4) is 0 Å². The molecule has 0 fully saturated rings. The van der Waals surface area contributed by atoms with Crippen LogP contribution < -0.4 is 5.32 Å². The first-order valence-electron chi connectivity index (χ1n) is 27.5. The van der Waals surface area contributed by atoms with E-state index in [-0.39, 0.29) is 6.61 Å². The summed E-state index contributed by atoms with van der Waals surface area (Å²) in [6, 6.07) is -0.794. The molecule has 0 heterocycles. The number of nitrogens with one attached hydrogen (secondary N) is 1. The Morgan fingerprint density at radius 2 is 0.650 bits per heavy atom. The van der Waals surface area contributed by atoms with Gasteiger partial charge in [-0.2, -0.15) is 0 Å². The first-order chi connectivity index (χ1) is 29.6. The maximum Gasteiger partial charge on any atom is 0.249 e. The number of carbonyl (C=O) groups excluding carboxylic acids is 1. The fourth-order valence-electron chi connectivity index (χ4n) is 8.84. The predicted octanol–water partition coefficient (Wildman–Crippen LogP) is 16.7. The van der Waals surface area contributed by atoms with E-state index in [9.17, 15) is 20.1 Å². The van der Waals surface area contributed by atoms with Gasteiger partial charge in [-0.3, -0.25) is 4.79 Å². The summed E-state index contributed by atoms with van der Waals surface area (Å²) in [5, 5.41) is 33.4. The maximum atomic E-state index is 12.5. The van der Waals surface area contributed by atoms with Crippen molar-refractivity contribution in [2.45, 2.75) is 327 Å². The molecule has 0 saturated carbocycles. The largest absolute Gasteiger partial charge is 0.394 e. The monoisotopic (exact) mass is 848 g/mol. The number of rotatable bonds is 51. The van der Waals surface area contributed by atoms with E-state index in [0.29, 0.717) is 6.42 Å². The molecule has 5 heteroatoms. The van der Waals surface area contributed by atoms with Crippen LogP contribution in [-0.2, 0) is 4.79 Å². The van der Waals surface area contributed by atoms with Gasteiger partial charge < -0.3 is 20.6 Å². The second kappa shape index (κ2) is 50.7. The van der Waals surface area contributed by atoms with Crippen molar-refractivity contribution in [3.05, 3.63) is 12.2 Å². The topological polar surface area (TPSA) is 89.8 Å². The molecule has 0 rings (SSSR count). The first kappa shape index (κ1) is 59.1. The number of hydrogen-bond acceptors (Lipinski definition) is 4. The Balaban J connectivity index is 3.54. The van der Waals surface area contributed by atoms with Gasteiger partial charge in [-0.15, -0.1) is 0 Å². The van der Waals surface area contributed by atoms with Crippen LogP contribution in [0.4, 0.5) is 0 Å². The lowest BCUT2D eigenvalue weighted by Gasteiger charge is -2.21. The van der Waals surface area contributed by atoms with E-state index in [1.165, 1.54) is 257 Å². The minimum absolute atomic E-state index is 0.358. The molecule has 0 aliphatic rings. The normalized spacial score (nSPS) is 13.3. The van der Waals surface area contributed by atoms with Gasteiger partial charge in [-0.25, -0.2) is 0 Å². The number of hydrogen-bond donors (Lipinski definition) is 4. The predicted molar refractivity (Wildman–Crippen MR) is 264 cm³/mol. The molecule has 0 aromatic carbocycles. The van der Waals surface area contributed by atoms with Crippen molar-refractivity contribution in [1.29, 1.82) is 0 Å². The van der Waals surface area contributed by atoms with Crippen molar-refractivity contribution in [3.63, 3.8) is 0 Å². The molecule has 0 aliphatic heterocycles. The Morgan fingerprint density at radius 3 is 0.917 bits per heavy atom. The molecule has 0 aromatic rings. The lowest BCUT2D eigenvalue weighted by Crippen LogP contribution is -2.48. The molecule has 0 aromatic heterocycles. The Labute approximate surface area is 376 Å². The highest BCUT2D eigenvalue weighted by Gasteiger charge is 2.22. The van der Waals surface area contributed by atoms with E-state index in [2.05, 4.69) is 19.2 Å². The molecule has 0 saturated heterocycles. The zero-order valence-corrected chi connectivity index (χ0v) is 40.9. The number of aliphatic hydroxyl groups excluding tert-OH is 3. The molecule has 4 N–H and O–H groups in total. The molecule has 1 amide bonds. The van der Waals surface area contributed by atoms with Gasteiger partial charge in [-0.1, -0.05) is 302 Å². The van der Waals surface area contributed by atoms with Crippen LogP contribution in [0.1, 0.15) is 309 Å². The zero-order chi connectivity index (χ0) is 43.7. The summed E-state index contributed by atoms with van der Waals surface area (Å²) < 4.78 is 0. The van der Waals surface area contributed by atoms with E-state index < -0.39 is 24.2 Å². The fourth-order valence-corrected chi connectivity index (χ4v) is 8.84. The molecule has 0 aliphatic carbocycles. The Morgan fingerprint density at radius 1 is 0.400 bits per heavy atom. The fraction of sp³-hybridized carbons (Fsp3) is 0.945. The Hall–Kier alpha value is -0.910. The summed E-state index contributed by atoms with van der Waals surface area (Å²) in [5.74, 6) is -0.496. The zero-order valence-electron chi connectivity index (χ0n) is 40.9. The van der Waals surface area contributed by atoms with Gasteiger partial charge in [-0.05, 0) is 19.3 Å². The standard InChI is InChI=1S/C55H109NO4/c1-3-5-7-9-11-13-15-17-19-21-23-25-26-27-28-30-32-34-36-38-40-42-44-46-48-50-54(59)55(60)56-52(51-57)53(58)49-47-45-43-41-39-37-35-33-31-29-24-22-20-18-16-14-12-10-8-6-4-2/h47,49,52-54,57-59H,3-46,48,50-51H2,1-2H3,(H,56,60)/b49-47+. The van der Waals surface area contributed by atoms with Gasteiger partial charge in [0.15, 0.2) is 0 Å². The van der Waals surface area contributed by atoms with Crippen molar-refractivity contribution >= 4 is 5.91 Å². The Kier molecular flexibility index (Phi) is 50.0. The second-order valence-corrected chi connectivity index (χ2v) is 19.2. The third-order valence-electron chi connectivity index (χ3n) is 13.1. The summed E-state index contributed by atoms with van der Waals surface area (Å²) in [6.45, 7) is 4.22. The van der Waals surface area contributed by atoms with Crippen LogP contribution in [-0.4, -0.2) is 46.1 Å². The SMILES string of the molecule is CCCCCCCCCCCCCCCCCCCCC/C=C/C(O)C(CO)NC(=O)C(O)CCCCCCCCCCCCCCCCCCCCCCCCCCC. The quantitative estimate of drug-likeness (QED) is 0.0363. The molecule has 3 atom stereocenters. The summed E-state index contributed by atoms with van der Waals surface area (Å²) in [4.78, 5) is 12.5. The van der Waals surface area contributed by atoms with E-state index in [4.69, 9.17) is 0 Å². The van der Waals surface area contributed by atoms with Gasteiger partial charge in [0.05, 0.1) is 18.8 Å². The molecule has 60 heavy (non-hydrogen) atoms. The number of aliphatic hydroxyl groups is 3. The summed E-state index contributed by atoms with van der Waals surface area (Å²) in [6.07, 6.45) is 62.8. The Bertz CT molecular complexity index is 848. The van der Waals surface area contributed by atoms with E-state index in [1.807, 2.05) is 6.08 Å². The number of carbonyl (C=O) groups is 1. The molecule has 0 spiro atoms. The lowest BCUT2D eigenvalue weighted by molar-refractivity contribution is -0.131. The summed E-state index contributed by atoms with van der Waals surface area (Å²) in [5.41, 5.74) is 0. The van der Waals surface area contributed by atoms with Gasteiger partial charge >= 0.3 is 0 Å². The summed E-state index contributed by atoms with van der Waals surface area (Å²) in [7, 11) is 0. The minimum atomic E-state index is -1.09. The van der Waals surface area contributed by atoms with Crippen LogP contribution in [0, 0.1) is 0 Å². The smallest absolute Gasteiger partial charge is 0.249 e. The van der Waals surface area contributed by atoms with Gasteiger partial charge in [0, 0.05) is 0 Å². The molecule has 3 unspecified atom stereocenters. The van der Waals surface area contributed by atoms with Gasteiger partial charge in [0.2, 0.25) is 5.91 Å². The van der Waals surface area contributed by atoms with Crippen molar-refractivity contribution in [2.24, 2.45) is 0 Å². The average Bonchev–Trinajstić information content (AvgIpc) is 3.25. The van der Waals surface area contributed by atoms with Crippen LogP contribution in [0.25, 0.3) is 0 Å². The van der Waals surface area contributed by atoms with Crippen LogP contribution >= 0.6 is 0 Å². The van der Waals surface area contributed by atoms with Crippen molar-refractivity contribution in [2.75, 3.05) is 6.61 Å². The van der Waals surface area contributed by atoms with Crippen LogP contribution in [0.15, 0.2) is 12.2 Å². The van der Waals surface area contributed by atoms with E-state index >= 15 is 0 Å².